The van der Waals surface area contributed by atoms with E-state index < -0.39 is 0 Å². The number of carbonyl (C=O) groups excluding carboxylic acids is 1. The van der Waals surface area contributed by atoms with Gasteiger partial charge in [-0.1, -0.05) is 24.3 Å². The van der Waals surface area contributed by atoms with Gasteiger partial charge < -0.3 is 9.80 Å². The number of hydrogen-bond donors (Lipinski definition) is 2. The highest BCUT2D eigenvalue weighted by atomic mass is 16.2. The molecule has 2 saturated heterocycles. The van der Waals surface area contributed by atoms with Crippen LogP contribution in [0.1, 0.15) is 6.92 Å². The molecule has 7 nitrogen and oxygen atoms in total. The van der Waals surface area contributed by atoms with E-state index in [0.717, 1.165) is 42.8 Å². The van der Waals surface area contributed by atoms with Crippen molar-refractivity contribution >= 4 is 22.5 Å². The lowest BCUT2D eigenvalue weighted by Crippen LogP contribution is -2.52. The number of aromatic nitrogens is 2. The number of fused-ring (bicyclic) bond motifs is 1. The molecule has 2 fully saturated rings. The van der Waals surface area contributed by atoms with Gasteiger partial charge in [0.2, 0.25) is 5.91 Å². The van der Waals surface area contributed by atoms with Gasteiger partial charge in [-0.25, -0.2) is 0 Å². The average Bonchev–Trinajstić information content (AvgIpc) is 3.07. The largest absolute Gasteiger partial charge is 0.351 e. The SMILES string of the molecule is CC1NNCC1C(=O)N1CCN(c2nncc3ccccc23)CC1. The number of nitrogens with zero attached hydrogens (tertiary/aromatic N) is 4. The molecule has 7 heteroatoms. The third kappa shape index (κ3) is 2.70. The summed E-state index contributed by atoms with van der Waals surface area (Å²) in [5.74, 6) is 1.18. The molecule has 3 heterocycles. The molecule has 24 heavy (non-hydrogen) atoms. The Labute approximate surface area is 141 Å². The molecular formula is C17H22N6O. The van der Waals surface area contributed by atoms with Crippen LogP contribution in [0.25, 0.3) is 10.8 Å². The average molecular weight is 326 g/mol. The summed E-state index contributed by atoms with van der Waals surface area (Å²) in [6.07, 6.45) is 1.79. The van der Waals surface area contributed by atoms with Gasteiger partial charge in [-0.05, 0) is 6.92 Å². The molecule has 0 bridgehead atoms. The molecule has 0 radical (unpaired) electrons. The fourth-order valence-corrected chi connectivity index (χ4v) is 3.53. The Morgan fingerprint density at radius 1 is 1.21 bits per heavy atom. The zero-order valence-electron chi connectivity index (χ0n) is 13.8. The first-order valence-electron chi connectivity index (χ1n) is 8.46. The van der Waals surface area contributed by atoms with Gasteiger partial charge in [-0.15, -0.1) is 5.10 Å². The van der Waals surface area contributed by atoms with Crippen molar-refractivity contribution in [1.82, 2.24) is 25.9 Å². The Balaban J connectivity index is 1.47. The van der Waals surface area contributed by atoms with Crippen LogP contribution in [-0.2, 0) is 4.79 Å². The Morgan fingerprint density at radius 2 is 2.00 bits per heavy atom. The van der Waals surface area contributed by atoms with Crippen molar-refractivity contribution in [2.24, 2.45) is 5.92 Å². The van der Waals surface area contributed by atoms with Gasteiger partial charge >= 0.3 is 0 Å². The van der Waals surface area contributed by atoms with Crippen molar-refractivity contribution in [2.45, 2.75) is 13.0 Å². The minimum Gasteiger partial charge on any atom is -0.351 e. The second-order valence-electron chi connectivity index (χ2n) is 6.49. The second kappa shape index (κ2) is 6.33. The number of hydrogen-bond acceptors (Lipinski definition) is 6. The normalized spacial score (nSPS) is 24.5. The predicted octanol–water partition coefficient (Wildman–Crippen LogP) is 0.391. The van der Waals surface area contributed by atoms with Crippen molar-refractivity contribution in [2.75, 3.05) is 37.6 Å². The third-order valence-corrected chi connectivity index (χ3v) is 5.01. The van der Waals surface area contributed by atoms with E-state index in [0.29, 0.717) is 6.54 Å². The molecule has 0 spiro atoms. The summed E-state index contributed by atoms with van der Waals surface area (Å²) in [6.45, 7) is 5.78. The number of hydrazine groups is 1. The minimum atomic E-state index is 0.0221. The van der Waals surface area contributed by atoms with E-state index in [9.17, 15) is 4.79 Å². The van der Waals surface area contributed by atoms with Gasteiger partial charge in [0.05, 0.1) is 12.1 Å². The molecule has 1 aromatic heterocycles. The Kier molecular flexibility index (Phi) is 4.03. The summed E-state index contributed by atoms with van der Waals surface area (Å²) in [4.78, 5) is 16.9. The van der Waals surface area contributed by atoms with Gasteiger partial charge in [0, 0.05) is 49.5 Å². The molecule has 2 N–H and O–H groups in total. The van der Waals surface area contributed by atoms with Crippen LogP contribution in [0.4, 0.5) is 5.82 Å². The molecule has 0 aliphatic carbocycles. The van der Waals surface area contributed by atoms with Crippen molar-refractivity contribution in [1.29, 1.82) is 0 Å². The fourth-order valence-electron chi connectivity index (χ4n) is 3.53. The standard InChI is InChI=1S/C17H22N6O/c1-12-15(11-19-20-12)17(24)23-8-6-22(7-9-23)16-14-5-3-2-4-13(14)10-18-21-16/h2-5,10,12,15,19-20H,6-9,11H2,1H3. The second-order valence-corrected chi connectivity index (χ2v) is 6.49. The smallest absolute Gasteiger partial charge is 0.228 e. The van der Waals surface area contributed by atoms with Gasteiger partial charge in [0.25, 0.3) is 0 Å². The summed E-state index contributed by atoms with van der Waals surface area (Å²) >= 11 is 0. The summed E-state index contributed by atoms with van der Waals surface area (Å²) in [5, 5.41) is 10.7. The lowest BCUT2D eigenvalue weighted by Gasteiger charge is -2.37. The number of piperazine rings is 1. The van der Waals surface area contributed by atoms with E-state index >= 15 is 0 Å². The topological polar surface area (TPSA) is 73.4 Å². The summed E-state index contributed by atoms with van der Waals surface area (Å²) in [6, 6.07) is 8.34. The first-order chi connectivity index (χ1) is 11.7. The van der Waals surface area contributed by atoms with Gasteiger partial charge in [0.15, 0.2) is 5.82 Å². The molecule has 2 unspecified atom stereocenters. The number of anilines is 1. The first kappa shape index (κ1) is 15.3. The van der Waals surface area contributed by atoms with Crippen molar-refractivity contribution < 1.29 is 4.79 Å². The lowest BCUT2D eigenvalue weighted by molar-refractivity contribution is -0.135. The molecule has 2 atom stereocenters. The quantitative estimate of drug-likeness (QED) is 0.832. The van der Waals surface area contributed by atoms with Crippen molar-refractivity contribution in [3.05, 3.63) is 30.5 Å². The number of carbonyl (C=O) groups is 1. The molecule has 1 aromatic carbocycles. The monoisotopic (exact) mass is 326 g/mol. The maximum atomic E-state index is 12.7. The lowest BCUT2D eigenvalue weighted by atomic mass is 10.0. The zero-order valence-corrected chi connectivity index (χ0v) is 13.8. The Hall–Kier alpha value is -2.25. The fraction of sp³-hybridized carbons (Fsp3) is 0.471. The van der Waals surface area contributed by atoms with Crippen LogP contribution in [-0.4, -0.2) is 59.8 Å². The maximum absolute atomic E-state index is 12.7. The van der Waals surface area contributed by atoms with E-state index in [2.05, 4.69) is 38.1 Å². The van der Waals surface area contributed by atoms with Crippen molar-refractivity contribution in [3.8, 4) is 0 Å². The molecular weight excluding hydrogens is 304 g/mol. The minimum absolute atomic E-state index is 0.0221. The maximum Gasteiger partial charge on any atom is 0.228 e. The van der Waals surface area contributed by atoms with Gasteiger partial charge in [-0.2, -0.15) is 5.10 Å². The van der Waals surface area contributed by atoms with E-state index in [1.807, 2.05) is 24.0 Å². The highest BCUT2D eigenvalue weighted by Crippen LogP contribution is 2.24. The van der Waals surface area contributed by atoms with Gasteiger partial charge in [0.1, 0.15) is 0 Å². The Morgan fingerprint density at radius 3 is 2.75 bits per heavy atom. The highest BCUT2D eigenvalue weighted by molar-refractivity contribution is 5.91. The van der Waals surface area contributed by atoms with Crippen LogP contribution < -0.4 is 15.8 Å². The van der Waals surface area contributed by atoms with E-state index in [1.165, 1.54) is 0 Å². The van der Waals surface area contributed by atoms with Gasteiger partial charge in [-0.3, -0.25) is 15.6 Å². The van der Waals surface area contributed by atoms with Crippen LogP contribution >= 0.6 is 0 Å². The zero-order chi connectivity index (χ0) is 16.5. The number of nitrogens with one attached hydrogen (secondary N) is 2. The molecule has 2 aromatic rings. The molecule has 1 amide bonds. The van der Waals surface area contributed by atoms with Crippen LogP contribution in [0.15, 0.2) is 30.5 Å². The summed E-state index contributed by atoms with van der Waals surface area (Å²) in [7, 11) is 0. The van der Waals surface area contributed by atoms with Crippen LogP contribution in [0.5, 0.6) is 0 Å². The summed E-state index contributed by atoms with van der Waals surface area (Å²) < 4.78 is 0. The molecule has 2 aliphatic heterocycles. The third-order valence-electron chi connectivity index (χ3n) is 5.01. The number of benzene rings is 1. The number of amides is 1. The van der Waals surface area contributed by atoms with E-state index in [4.69, 9.17) is 0 Å². The molecule has 0 saturated carbocycles. The molecule has 126 valence electrons. The van der Waals surface area contributed by atoms with Crippen LogP contribution in [0.2, 0.25) is 0 Å². The van der Waals surface area contributed by atoms with Crippen molar-refractivity contribution in [3.63, 3.8) is 0 Å². The Bertz CT molecular complexity index is 737. The first-order valence-corrected chi connectivity index (χ1v) is 8.46. The van der Waals surface area contributed by atoms with E-state index in [1.54, 1.807) is 6.20 Å². The predicted molar refractivity (Wildman–Crippen MR) is 92.4 cm³/mol. The van der Waals surface area contributed by atoms with E-state index in [-0.39, 0.29) is 17.9 Å². The number of rotatable bonds is 2. The van der Waals surface area contributed by atoms with Crippen LogP contribution in [0, 0.1) is 5.92 Å². The molecule has 4 rings (SSSR count). The van der Waals surface area contributed by atoms with Crippen LogP contribution in [0.3, 0.4) is 0 Å². The highest BCUT2D eigenvalue weighted by Gasteiger charge is 2.34. The molecule has 2 aliphatic rings. The summed E-state index contributed by atoms with van der Waals surface area (Å²) in [5.41, 5.74) is 6.19.